The molecule has 0 aromatic carbocycles. The number of hydrogen-bond acceptors (Lipinski definition) is 0. The van der Waals surface area contributed by atoms with Gasteiger partial charge in [-0.2, -0.15) is 0 Å². The number of pyridine rings is 1. The van der Waals surface area contributed by atoms with Gasteiger partial charge in [0.1, 0.15) is 12.4 Å². The van der Waals surface area contributed by atoms with Crippen molar-refractivity contribution in [3.8, 4) is 0 Å². The van der Waals surface area contributed by atoms with Crippen molar-refractivity contribution in [3.05, 3.63) is 36.8 Å². The number of unbranched alkanes of at least 4 members (excludes halogenated alkanes) is 7. The molecule has 19 heavy (non-hydrogen) atoms. The van der Waals surface area contributed by atoms with Gasteiger partial charge < -0.3 is 0 Å². The summed E-state index contributed by atoms with van der Waals surface area (Å²) in [6, 6.07) is 6.37. The quantitative estimate of drug-likeness (QED) is 0.467. The molecule has 0 saturated heterocycles. The predicted octanol–water partition coefficient (Wildman–Crippen LogP) is 4.37. The molecule has 2 rings (SSSR count). The zero-order chi connectivity index (χ0) is 13.3. The minimum Gasteiger partial charge on any atom is -0.230 e. The number of rotatable bonds is 9. The lowest BCUT2D eigenvalue weighted by molar-refractivity contribution is -0.671. The van der Waals surface area contributed by atoms with E-state index in [-0.39, 0.29) is 0 Å². The Morgan fingerprint density at radius 3 is 2.42 bits per heavy atom. The molecule has 0 aliphatic heterocycles. The Balaban J connectivity index is 1.63. The van der Waals surface area contributed by atoms with Crippen LogP contribution < -0.4 is 4.57 Å². The summed E-state index contributed by atoms with van der Waals surface area (Å²) in [5.41, 5.74) is 1.30. The molecule has 2 heterocycles. The van der Waals surface area contributed by atoms with E-state index in [0.29, 0.717) is 0 Å². The highest BCUT2D eigenvalue weighted by Crippen LogP contribution is 2.08. The Morgan fingerprint density at radius 1 is 0.895 bits per heavy atom. The van der Waals surface area contributed by atoms with Crippen molar-refractivity contribution >= 4 is 5.65 Å². The summed E-state index contributed by atoms with van der Waals surface area (Å²) < 4.78 is 4.54. The van der Waals surface area contributed by atoms with Crippen molar-refractivity contribution in [2.24, 2.45) is 0 Å². The van der Waals surface area contributed by atoms with Gasteiger partial charge in [0.2, 0.25) is 0 Å². The van der Waals surface area contributed by atoms with Crippen molar-refractivity contribution in [3.63, 3.8) is 0 Å². The maximum atomic E-state index is 2.36. The molecule has 2 aromatic rings. The van der Waals surface area contributed by atoms with E-state index in [1.165, 1.54) is 57.0 Å². The third-order valence-corrected chi connectivity index (χ3v) is 3.82. The number of aryl methyl sites for hydroxylation is 1. The van der Waals surface area contributed by atoms with Crippen molar-refractivity contribution in [2.45, 2.75) is 64.8 Å². The normalized spacial score (nSPS) is 11.2. The zero-order valence-electron chi connectivity index (χ0n) is 12.2. The Kier molecular flexibility index (Phi) is 5.93. The molecule has 0 spiro atoms. The summed E-state index contributed by atoms with van der Waals surface area (Å²) >= 11 is 0. The molecule has 0 N–H and O–H groups in total. The molecule has 2 nitrogen and oxygen atoms in total. The summed E-state index contributed by atoms with van der Waals surface area (Å²) in [7, 11) is 0. The fraction of sp³-hybridized carbons (Fsp3) is 0.588. The minimum absolute atomic E-state index is 1.15. The van der Waals surface area contributed by atoms with Gasteiger partial charge in [-0.1, -0.05) is 51.5 Å². The van der Waals surface area contributed by atoms with E-state index in [1.807, 2.05) is 0 Å². The fourth-order valence-electron chi connectivity index (χ4n) is 2.65. The molecule has 2 heteroatoms. The summed E-state index contributed by atoms with van der Waals surface area (Å²) in [6.07, 6.45) is 17.5. The molecule has 0 aliphatic rings. The van der Waals surface area contributed by atoms with Crippen LogP contribution >= 0.6 is 0 Å². The molecule has 2 aromatic heterocycles. The average Bonchev–Trinajstić information content (AvgIpc) is 2.85. The van der Waals surface area contributed by atoms with E-state index in [2.05, 4.69) is 52.7 Å². The first-order valence-electron chi connectivity index (χ1n) is 7.87. The Hall–Kier alpha value is -1.31. The zero-order valence-corrected chi connectivity index (χ0v) is 12.2. The van der Waals surface area contributed by atoms with E-state index in [9.17, 15) is 0 Å². The number of fused-ring (bicyclic) bond motifs is 1. The van der Waals surface area contributed by atoms with Crippen molar-refractivity contribution in [1.29, 1.82) is 0 Å². The van der Waals surface area contributed by atoms with Gasteiger partial charge in [-0.15, -0.1) is 0 Å². The summed E-state index contributed by atoms with van der Waals surface area (Å²) in [5, 5.41) is 0. The third-order valence-electron chi connectivity index (χ3n) is 3.82. The fourth-order valence-corrected chi connectivity index (χ4v) is 2.65. The highest BCUT2D eigenvalue weighted by atomic mass is 15.1. The van der Waals surface area contributed by atoms with Crippen LogP contribution in [0.2, 0.25) is 0 Å². The van der Waals surface area contributed by atoms with Gasteiger partial charge in [-0.05, 0) is 18.9 Å². The Morgan fingerprint density at radius 2 is 1.63 bits per heavy atom. The SMILES string of the molecule is CCCCCCCCCC[n+]1ccn2ccccc21. The smallest absolute Gasteiger partial charge is 0.230 e. The van der Waals surface area contributed by atoms with E-state index in [1.54, 1.807) is 0 Å². The topological polar surface area (TPSA) is 8.29 Å². The molecule has 0 amide bonds. The number of aromatic nitrogens is 2. The van der Waals surface area contributed by atoms with Crippen molar-refractivity contribution < 1.29 is 4.57 Å². The molecule has 0 radical (unpaired) electrons. The van der Waals surface area contributed by atoms with E-state index >= 15 is 0 Å². The largest absolute Gasteiger partial charge is 0.286 e. The molecule has 0 saturated carbocycles. The highest BCUT2D eigenvalue weighted by Gasteiger charge is 2.06. The summed E-state index contributed by atoms with van der Waals surface area (Å²) in [4.78, 5) is 0. The van der Waals surface area contributed by atoms with Crippen LogP contribution in [0.25, 0.3) is 5.65 Å². The molecule has 104 valence electrons. The van der Waals surface area contributed by atoms with Gasteiger partial charge >= 0.3 is 0 Å². The van der Waals surface area contributed by atoms with Crippen molar-refractivity contribution in [1.82, 2.24) is 4.40 Å². The van der Waals surface area contributed by atoms with E-state index in [4.69, 9.17) is 0 Å². The second kappa shape index (κ2) is 7.98. The van der Waals surface area contributed by atoms with Crippen LogP contribution in [-0.4, -0.2) is 4.40 Å². The van der Waals surface area contributed by atoms with Gasteiger partial charge in [0, 0.05) is 6.07 Å². The first-order chi connectivity index (χ1) is 9.42. The highest BCUT2D eigenvalue weighted by molar-refractivity contribution is 5.30. The van der Waals surface area contributed by atoms with Crippen LogP contribution in [0, 0.1) is 0 Å². The van der Waals surface area contributed by atoms with Crippen LogP contribution in [0.5, 0.6) is 0 Å². The molecule has 0 unspecified atom stereocenters. The van der Waals surface area contributed by atoms with E-state index < -0.39 is 0 Å². The van der Waals surface area contributed by atoms with Gasteiger partial charge in [0.15, 0.2) is 0 Å². The van der Waals surface area contributed by atoms with E-state index in [0.717, 1.165) is 6.54 Å². The molecular weight excluding hydrogens is 232 g/mol. The van der Waals surface area contributed by atoms with Gasteiger partial charge in [0.05, 0.1) is 12.7 Å². The van der Waals surface area contributed by atoms with Gasteiger partial charge in [-0.25, -0.2) is 8.97 Å². The molecule has 0 bridgehead atoms. The summed E-state index contributed by atoms with van der Waals surface area (Å²) in [6.45, 7) is 3.43. The van der Waals surface area contributed by atoms with Gasteiger partial charge in [0.25, 0.3) is 5.65 Å². The van der Waals surface area contributed by atoms with Gasteiger partial charge in [-0.3, -0.25) is 0 Å². The number of imidazole rings is 1. The average molecular weight is 259 g/mol. The molecular formula is C17H27N2+. The first kappa shape index (κ1) is 14.1. The number of nitrogens with zero attached hydrogens (tertiary/aromatic N) is 2. The first-order valence-corrected chi connectivity index (χ1v) is 7.87. The lowest BCUT2D eigenvalue weighted by atomic mass is 10.1. The maximum absolute atomic E-state index is 2.36. The second-order valence-electron chi connectivity index (χ2n) is 5.43. The third kappa shape index (κ3) is 4.38. The lowest BCUT2D eigenvalue weighted by Gasteiger charge is -2.01. The predicted molar refractivity (Wildman–Crippen MR) is 80.2 cm³/mol. The maximum Gasteiger partial charge on any atom is 0.286 e. The molecule has 0 atom stereocenters. The Labute approximate surface area is 117 Å². The molecule has 0 fully saturated rings. The number of hydrogen-bond donors (Lipinski definition) is 0. The standard InChI is InChI=1S/C17H27N2/c1-2-3-4-5-6-7-8-10-13-18-15-16-19-14-11-9-12-17(18)19/h9,11-12,14-16H,2-8,10,13H2,1H3/q+1. The second-order valence-corrected chi connectivity index (χ2v) is 5.43. The van der Waals surface area contributed by atoms with Crippen LogP contribution in [0.3, 0.4) is 0 Å². The monoisotopic (exact) mass is 259 g/mol. The molecule has 0 aliphatic carbocycles. The lowest BCUT2D eigenvalue weighted by Crippen LogP contribution is -2.32. The van der Waals surface area contributed by atoms with Crippen LogP contribution in [-0.2, 0) is 6.54 Å². The van der Waals surface area contributed by atoms with Crippen LogP contribution in [0.4, 0.5) is 0 Å². The summed E-state index contributed by atoms with van der Waals surface area (Å²) in [5.74, 6) is 0. The van der Waals surface area contributed by atoms with Crippen LogP contribution in [0.15, 0.2) is 36.8 Å². The van der Waals surface area contributed by atoms with Crippen molar-refractivity contribution in [2.75, 3.05) is 0 Å². The Bertz CT molecular complexity index is 473. The van der Waals surface area contributed by atoms with Crippen LogP contribution in [0.1, 0.15) is 58.3 Å². The minimum atomic E-state index is 1.15.